The Morgan fingerprint density at radius 1 is 1.82 bits per heavy atom. The van der Waals surface area contributed by atoms with Crippen LogP contribution >= 0.6 is 11.8 Å². The monoisotopic (exact) mass is 175 g/mol. The number of hydrogen-bond acceptors (Lipinski definition) is 4. The fraction of sp³-hybridized carbons (Fsp3) is 0.857. The van der Waals surface area contributed by atoms with E-state index >= 15 is 0 Å². The van der Waals surface area contributed by atoms with E-state index in [1.165, 1.54) is 11.8 Å². The standard InChI is InChI=1S/C7H13NO2S/c1-5(9)11-7-2-3-10-6(7)4-8/h6-7H,2-4,8H2,1H3/t6-,7-/m1/s1. The molecule has 0 unspecified atom stereocenters. The third-order valence-corrected chi connectivity index (χ3v) is 2.87. The molecule has 2 atom stereocenters. The Bertz CT molecular complexity index is 151. The second-order valence-electron chi connectivity index (χ2n) is 2.58. The van der Waals surface area contributed by atoms with E-state index in [0.29, 0.717) is 6.54 Å². The molecule has 1 saturated heterocycles. The molecule has 0 aromatic heterocycles. The van der Waals surface area contributed by atoms with Gasteiger partial charge < -0.3 is 10.5 Å². The molecule has 0 spiro atoms. The summed E-state index contributed by atoms with van der Waals surface area (Å²) in [5, 5.41) is 0.441. The van der Waals surface area contributed by atoms with Gasteiger partial charge in [0.05, 0.1) is 6.10 Å². The summed E-state index contributed by atoms with van der Waals surface area (Å²) >= 11 is 1.35. The van der Waals surface area contributed by atoms with Gasteiger partial charge in [-0.25, -0.2) is 0 Å². The van der Waals surface area contributed by atoms with Crippen LogP contribution in [0.4, 0.5) is 0 Å². The third kappa shape index (κ3) is 2.47. The maximum absolute atomic E-state index is 10.7. The molecule has 0 aromatic carbocycles. The smallest absolute Gasteiger partial charge is 0.186 e. The van der Waals surface area contributed by atoms with Crippen molar-refractivity contribution in [3.05, 3.63) is 0 Å². The molecule has 11 heavy (non-hydrogen) atoms. The second kappa shape index (κ2) is 4.09. The fourth-order valence-corrected chi connectivity index (χ4v) is 2.18. The molecule has 0 aromatic rings. The van der Waals surface area contributed by atoms with Crippen molar-refractivity contribution in [3.8, 4) is 0 Å². The summed E-state index contributed by atoms with van der Waals surface area (Å²) in [7, 11) is 0. The fourth-order valence-electron chi connectivity index (χ4n) is 1.20. The summed E-state index contributed by atoms with van der Waals surface area (Å²) in [6, 6.07) is 0. The Morgan fingerprint density at radius 2 is 2.55 bits per heavy atom. The number of thioether (sulfide) groups is 1. The summed E-state index contributed by atoms with van der Waals surface area (Å²) in [6.45, 7) is 2.84. The van der Waals surface area contributed by atoms with E-state index < -0.39 is 0 Å². The molecule has 64 valence electrons. The molecule has 2 N–H and O–H groups in total. The highest BCUT2D eigenvalue weighted by atomic mass is 32.2. The SMILES string of the molecule is CC(=O)S[C@@H]1CCO[C@@H]1CN. The predicted molar refractivity (Wildman–Crippen MR) is 45.5 cm³/mol. The van der Waals surface area contributed by atoms with Gasteiger partial charge in [0.2, 0.25) is 0 Å². The molecule has 3 nitrogen and oxygen atoms in total. The van der Waals surface area contributed by atoms with Gasteiger partial charge in [0.25, 0.3) is 0 Å². The van der Waals surface area contributed by atoms with Crippen molar-refractivity contribution in [2.45, 2.75) is 24.7 Å². The molecule has 0 amide bonds. The molecule has 0 saturated carbocycles. The number of carbonyl (C=O) groups is 1. The summed E-state index contributed by atoms with van der Waals surface area (Å²) in [4.78, 5) is 10.7. The van der Waals surface area contributed by atoms with Crippen molar-refractivity contribution in [3.63, 3.8) is 0 Å². The average molecular weight is 175 g/mol. The summed E-state index contributed by atoms with van der Waals surface area (Å²) in [6.07, 6.45) is 1.04. The highest BCUT2D eigenvalue weighted by Gasteiger charge is 2.28. The van der Waals surface area contributed by atoms with Gasteiger partial charge in [-0.2, -0.15) is 0 Å². The van der Waals surface area contributed by atoms with Crippen molar-refractivity contribution in [1.29, 1.82) is 0 Å². The van der Waals surface area contributed by atoms with Crippen LogP contribution in [0.1, 0.15) is 13.3 Å². The van der Waals surface area contributed by atoms with Crippen molar-refractivity contribution >= 4 is 16.9 Å². The predicted octanol–water partition coefficient (Wildman–Crippen LogP) is 0.382. The van der Waals surface area contributed by atoms with Crippen LogP contribution < -0.4 is 5.73 Å². The topological polar surface area (TPSA) is 52.3 Å². The first-order valence-electron chi connectivity index (χ1n) is 3.73. The van der Waals surface area contributed by atoms with Gasteiger partial charge in [0, 0.05) is 25.3 Å². The molecule has 0 aliphatic carbocycles. The Labute approximate surface area is 70.7 Å². The van der Waals surface area contributed by atoms with E-state index in [1.54, 1.807) is 6.92 Å². The largest absolute Gasteiger partial charge is 0.376 e. The normalized spacial score (nSPS) is 30.7. The number of carbonyl (C=O) groups excluding carboxylic acids is 1. The van der Waals surface area contributed by atoms with Crippen LogP contribution in [-0.4, -0.2) is 29.6 Å². The summed E-state index contributed by atoms with van der Waals surface area (Å²) in [5.74, 6) is 0. The lowest BCUT2D eigenvalue weighted by Gasteiger charge is -2.13. The molecule has 4 heteroatoms. The van der Waals surface area contributed by atoms with Crippen molar-refractivity contribution in [1.82, 2.24) is 0 Å². The van der Waals surface area contributed by atoms with Crippen molar-refractivity contribution in [2.75, 3.05) is 13.2 Å². The maximum atomic E-state index is 10.7. The molecule has 1 aliphatic rings. The van der Waals surface area contributed by atoms with Gasteiger partial charge in [-0.05, 0) is 6.42 Å². The number of nitrogens with two attached hydrogens (primary N) is 1. The van der Waals surface area contributed by atoms with Crippen molar-refractivity contribution < 1.29 is 9.53 Å². The number of rotatable bonds is 2. The molecular formula is C7H13NO2S. The first-order chi connectivity index (χ1) is 5.24. The zero-order valence-electron chi connectivity index (χ0n) is 6.58. The molecular weight excluding hydrogens is 162 g/mol. The number of ether oxygens (including phenoxy) is 1. The number of hydrogen-bond donors (Lipinski definition) is 1. The second-order valence-corrected chi connectivity index (χ2v) is 4.00. The first kappa shape index (κ1) is 9.03. The Kier molecular flexibility index (Phi) is 3.36. The van der Waals surface area contributed by atoms with Crippen LogP contribution in [0.2, 0.25) is 0 Å². The molecule has 0 radical (unpaired) electrons. The Balaban J connectivity index is 2.37. The van der Waals surface area contributed by atoms with E-state index in [2.05, 4.69) is 0 Å². The lowest BCUT2D eigenvalue weighted by atomic mass is 10.2. The summed E-state index contributed by atoms with van der Waals surface area (Å²) < 4.78 is 5.32. The minimum Gasteiger partial charge on any atom is -0.376 e. The zero-order chi connectivity index (χ0) is 8.27. The van der Waals surface area contributed by atoms with Gasteiger partial charge >= 0.3 is 0 Å². The minimum atomic E-state index is 0.0869. The quantitative estimate of drug-likeness (QED) is 0.659. The zero-order valence-corrected chi connectivity index (χ0v) is 7.39. The minimum absolute atomic E-state index is 0.0869. The molecule has 1 heterocycles. The van der Waals surface area contributed by atoms with E-state index in [1.807, 2.05) is 0 Å². The third-order valence-electron chi connectivity index (χ3n) is 1.70. The molecule has 0 bridgehead atoms. The van der Waals surface area contributed by atoms with E-state index in [4.69, 9.17) is 10.5 Å². The van der Waals surface area contributed by atoms with Crippen LogP contribution in [0.5, 0.6) is 0 Å². The van der Waals surface area contributed by atoms with Crippen LogP contribution in [0, 0.1) is 0 Å². The van der Waals surface area contributed by atoms with Crippen LogP contribution in [0.15, 0.2) is 0 Å². The van der Waals surface area contributed by atoms with Crippen LogP contribution in [-0.2, 0) is 9.53 Å². The average Bonchev–Trinajstić information content (AvgIpc) is 2.34. The highest BCUT2D eigenvalue weighted by Crippen LogP contribution is 2.26. The van der Waals surface area contributed by atoms with Gasteiger partial charge in [-0.15, -0.1) is 0 Å². The highest BCUT2D eigenvalue weighted by molar-refractivity contribution is 8.14. The summed E-state index contributed by atoms with van der Waals surface area (Å²) in [5.41, 5.74) is 5.45. The van der Waals surface area contributed by atoms with Crippen LogP contribution in [0.3, 0.4) is 0 Å². The van der Waals surface area contributed by atoms with Gasteiger partial charge in [-0.3, -0.25) is 4.79 Å². The van der Waals surface area contributed by atoms with E-state index in [0.717, 1.165) is 13.0 Å². The molecule has 1 aliphatic heterocycles. The Morgan fingerprint density at radius 3 is 3.09 bits per heavy atom. The lowest BCUT2D eigenvalue weighted by Crippen LogP contribution is -2.28. The van der Waals surface area contributed by atoms with E-state index in [-0.39, 0.29) is 16.5 Å². The lowest BCUT2D eigenvalue weighted by molar-refractivity contribution is -0.109. The Hall–Kier alpha value is -0.0600. The maximum Gasteiger partial charge on any atom is 0.186 e. The molecule has 1 fully saturated rings. The van der Waals surface area contributed by atoms with Gasteiger partial charge in [0.1, 0.15) is 0 Å². The van der Waals surface area contributed by atoms with Crippen LogP contribution in [0.25, 0.3) is 0 Å². The van der Waals surface area contributed by atoms with E-state index in [9.17, 15) is 4.79 Å². The first-order valence-corrected chi connectivity index (χ1v) is 4.61. The van der Waals surface area contributed by atoms with Crippen molar-refractivity contribution in [2.24, 2.45) is 5.73 Å². The van der Waals surface area contributed by atoms with Gasteiger partial charge in [-0.1, -0.05) is 11.8 Å². The molecule has 1 rings (SSSR count). The van der Waals surface area contributed by atoms with Gasteiger partial charge in [0.15, 0.2) is 5.12 Å².